The van der Waals surface area contributed by atoms with Crippen LogP contribution in [0.5, 0.6) is 23.0 Å². The highest BCUT2D eigenvalue weighted by atomic mass is 16.5. The molecule has 4 rings (SSSR count). The van der Waals surface area contributed by atoms with Gasteiger partial charge in [-0.15, -0.1) is 0 Å². The van der Waals surface area contributed by atoms with Crippen LogP contribution in [0, 0.1) is 0 Å². The lowest BCUT2D eigenvalue weighted by atomic mass is 10.1. The van der Waals surface area contributed by atoms with E-state index in [1.807, 2.05) is 18.2 Å². The van der Waals surface area contributed by atoms with Gasteiger partial charge >= 0.3 is 0 Å². The van der Waals surface area contributed by atoms with E-state index in [1.54, 1.807) is 31.5 Å². The molecule has 0 spiro atoms. The van der Waals surface area contributed by atoms with Gasteiger partial charge < -0.3 is 23.5 Å². The van der Waals surface area contributed by atoms with Gasteiger partial charge in [0, 0.05) is 23.9 Å². The molecule has 0 aliphatic heterocycles. The lowest BCUT2D eigenvalue weighted by molar-refractivity contribution is 0.324. The van der Waals surface area contributed by atoms with E-state index in [1.165, 1.54) is 32.1 Å². The number of hydrogen-bond donors (Lipinski definition) is 0. The summed E-state index contributed by atoms with van der Waals surface area (Å²) < 4.78 is 28.2. The first-order valence-electron chi connectivity index (χ1n) is 9.46. The maximum absolute atomic E-state index is 12.5. The minimum absolute atomic E-state index is 0.0153. The number of ether oxygens (including phenoxy) is 4. The second kappa shape index (κ2) is 8.80. The van der Waals surface area contributed by atoms with Crippen LogP contribution in [0.15, 0.2) is 58.0 Å². The number of nitrogens with zero attached hydrogens (tertiary/aromatic N) is 4. The molecule has 0 fully saturated rings. The third-order valence-electron chi connectivity index (χ3n) is 4.68. The lowest BCUT2D eigenvalue weighted by Gasteiger charge is -2.12. The zero-order valence-corrected chi connectivity index (χ0v) is 17.9. The molecule has 2 aromatic heterocycles. The maximum Gasteiger partial charge on any atom is 0.282 e. The van der Waals surface area contributed by atoms with E-state index >= 15 is 0 Å². The normalized spacial score (nSPS) is 10.6. The number of hydrogen-bond acceptors (Lipinski definition) is 9. The van der Waals surface area contributed by atoms with Crippen molar-refractivity contribution in [1.82, 2.24) is 19.9 Å². The highest BCUT2D eigenvalue weighted by Crippen LogP contribution is 2.40. The Hall–Kier alpha value is -4.34. The van der Waals surface area contributed by atoms with Crippen molar-refractivity contribution in [3.05, 3.63) is 58.9 Å². The molecule has 32 heavy (non-hydrogen) atoms. The third kappa shape index (κ3) is 3.85. The molecular weight excluding hydrogens is 416 g/mol. The van der Waals surface area contributed by atoms with Crippen molar-refractivity contribution in [2.45, 2.75) is 0 Å². The Labute approximate surface area is 182 Å². The molecule has 2 aromatic carbocycles. The second-order valence-corrected chi connectivity index (χ2v) is 6.51. The van der Waals surface area contributed by atoms with E-state index in [0.717, 1.165) is 0 Å². The monoisotopic (exact) mass is 436 g/mol. The third-order valence-corrected chi connectivity index (χ3v) is 4.68. The van der Waals surface area contributed by atoms with Crippen LogP contribution in [0.4, 0.5) is 0 Å². The van der Waals surface area contributed by atoms with Gasteiger partial charge in [-0.2, -0.15) is 10.1 Å². The van der Waals surface area contributed by atoms with Crippen molar-refractivity contribution in [2.24, 2.45) is 0 Å². The Bertz CT molecular complexity index is 1290. The average Bonchev–Trinajstić information content (AvgIpc) is 3.33. The van der Waals surface area contributed by atoms with Gasteiger partial charge in [-0.1, -0.05) is 11.2 Å². The van der Waals surface area contributed by atoms with Crippen LogP contribution in [-0.4, -0.2) is 48.4 Å². The number of aromatic nitrogens is 4. The van der Waals surface area contributed by atoms with Crippen molar-refractivity contribution in [2.75, 3.05) is 28.4 Å². The first kappa shape index (κ1) is 20.9. The molecule has 0 aliphatic carbocycles. The van der Waals surface area contributed by atoms with Gasteiger partial charge in [0.15, 0.2) is 17.2 Å². The van der Waals surface area contributed by atoms with Crippen LogP contribution in [0.2, 0.25) is 0 Å². The largest absolute Gasteiger partial charge is 0.497 e. The van der Waals surface area contributed by atoms with E-state index in [9.17, 15) is 4.79 Å². The Morgan fingerprint density at radius 2 is 1.66 bits per heavy atom. The molecule has 0 saturated carbocycles. The molecule has 10 nitrogen and oxygen atoms in total. The minimum atomic E-state index is -0.357. The molecule has 0 bridgehead atoms. The highest BCUT2D eigenvalue weighted by Gasteiger charge is 2.20. The molecule has 0 atom stereocenters. The molecule has 0 saturated heterocycles. The fraction of sp³-hybridized carbons (Fsp3) is 0.182. The van der Waals surface area contributed by atoms with Crippen molar-refractivity contribution in [3.63, 3.8) is 0 Å². The Balaban J connectivity index is 1.75. The summed E-state index contributed by atoms with van der Waals surface area (Å²) in [5.41, 5.74) is 0.916. The van der Waals surface area contributed by atoms with Crippen molar-refractivity contribution in [3.8, 4) is 51.7 Å². The fourth-order valence-corrected chi connectivity index (χ4v) is 3.10. The Morgan fingerprint density at radius 3 is 2.31 bits per heavy atom. The molecule has 10 heteroatoms. The van der Waals surface area contributed by atoms with Gasteiger partial charge in [0.25, 0.3) is 5.89 Å². The summed E-state index contributed by atoms with van der Waals surface area (Å²) in [5, 5.41) is 8.37. The number of rotatable bonds is 7. The summed E-state index contributed by atoms with van der Waals surface area (Å²) >= 11 is 0. The first-order chi connectivity index (χ1) is 15.6. The number of methoxy groups -OCH3 is 4. The van der Waals surface area contributed by atoms with Crippen LogP contribution in [-0.2, 0) is 0 Å². The molecule has 4 aromatic rings. The quantitative estimate of drug-likeness (QED) is 0.432. The van der Waals surface area contributed by atoms with Gasteiger partial charge in [-0.05, 0) is 24.3 Å². The smallest absolute Gasteiger partial charge is 0.282 e. The molecule has 164 valence electrons. The molecule has 0 aliphatic rings. The van der Waals surface area contributed by atoms with Gasteiger partial charge in [0.1, 0.15) is 5.75 Å². The molecule has 0 amide bonds. The second-order valence-electron chi connectivity index (χ2n) is 6.51. The summed E-state index contributed by atoms with van der Waals surface area (Å²) in [7, 11) is 6.11. The van der Waals surface area contributed by atoms with Gasteiger partial charge in [-0.25, -0.2) is 4.68 Å². The molecule has 0 N–H and O–H groups in total. The van der Waals surface area contributed by atoms with E-state index in [-0.39, 0.29) is 22.8 Å². The topological polar surface area (TPSA) is 111 Å². The van der Waals surface area contributed by atoms with Gasteiger partial charge in [-0.3, -0.25) is 4.79 Å². The zero-order valence-electron chi connectivity index (χ0n) is 17.9. The SMILES string of the molecule is COc1cccc(-n2ccc(=O)c(-c3nc(-c4cc(OC)c(OC)c(OC)c4)no3)n2)c1. The summed E-state index contributed by atoms with van der Waals surface area (Å²) in [6.07, 6.45) is 1.55. The van der Waals surface area contributed by atoms with Crippen molar-refractivity contribution in [1.29, 1.82) is 0 Å². The average molecular weight is 436 g/mol. The van der Waals surface area contributed by atoms with E-state index in [0.29, 0.717) is 34.2 Å². The van der Waals surface area contributed by atoms with Gasteiger partial charge in [0.05, 0.1) is 34.1 Å². The van der Waals surface area contributed by atoms with Crippen LogP contribution < -0.4 is 24.4 Å². The highest BCUT2D eigenvalue weighted by molar-refractivity contribution is 5.67. The molecular formula is C22H20N4O6. The lowest BCUT2D eigenvalue weighted by Crippen LogP contribution is -2.12. The molecule has 0 unspecified atom stereocenters. The zero-order chi connectivity index (χ0) is 22.7. The van der Waals surface area contributed by atoms with E-state index in [4.69, 9.17) is 23.5 Å². The number of benzene rings is 2. The summed E-state index contributed by atoms with van der Waals surface area (Å²) in [6.45, 7) is 0. The van der Waals surface area contributed by atoms with Crippen LogP contribution in [0.1, 0.15) is 0 Å². The standard InChI is InChI=1S/C22H20N4O6/c1-28-15-7-5-6-14(12-15)26-9-8-16(27)19(24-26)22-23-21(25-32-22)13-10-17(29-2)20(31-4)18(11-13)30-3/h5-12H,1-4H3. The minimum Gasteiger partial charge on any atom is -0.497 e. The van der Waals surface area contributed by atoms with Crippen molar-refractivity contribution < 1.29 is 23.5 Å². The molecule has 0 radical (unpaired) electrons. The Morgan fingerprint density at radius 1 is 0.906 bits per heavy atom. The van der Waals surface area contributed by atoms with Crippen LogP contribution in [0.25, 0.3) is 28.7 Å². The maximum atomic E-state index is 12.5. The predicted octanol–water partition coefficient (Wildman–Crippen LogP) is 2.98. The Kier molecular flexibility index (Phi) is 5.75. The van der Waals surface area contributed by atoms with Crippen LogP contribution >= 0.6 is 0 Å². The van der Waals surface area contributed by atoms with Gasteiger partial charge in [0.2, 0.25) is 17.0 Å². The first-order valence-corrected chi connectivity index (χ1v) is 9.46. The fourth-order valence-electron chi connectivity index (χ4n) is 3.10. The molecule has 2 heterocycles. The summed E-state index contributed by atoms with van der Waals surface area (Å²) in [4.78, 5) is 16.8. The van der Waals surface area contributed by atoms with E-state index in [2.05, 4.69) is 15.2 Å². The van der Waals surface area contributed by atoms with E-state index < -0.39 is 0 Å². The summed E-state index contributed by atoms with van der Waals surface area (Å²) in [5.74, 6) is 2.19. The predicted molar refractivity (Wildman–Crippen MR) is 115 cm³/mol. The van der Waals surface area contributed by atoms with Crippen LogP contribution in [0.3, 0.4) is 0 Å². The summed E-state index contributed by atoms with van der Waals surface area (Å²) in [6, 6.07) is 12.0. The van der Waals surface area contributed by atoms with Crippen molar-refractivity contribution >= 4 is 0 Å².